The van der Waals surface area contributed by atoms with Crippen LogP contribution in [0.3, 0.4) is 0 Å². The van der Waals surface area contributed by atoms with Crippen molar-refractivity contribution < 1.29 is 9.84 Å². The summed E-state index contributed by atoms with van der Waals surface area (Å²) in [5.41, 5.74) is 2.30. The average molecular weight is 226 g/mol. The fraction of sp³-hybridized carbons (Fsp3) is 0.500. The summed E-state index contributed by atoms with van der Waals surface area (Å²) in [6.45, 7) is 0.910. The second kappa shape index (κ2) is 6.88. The van der Waals surface area contributed by atoms with Crippen LogP contribution in [0.4, 0.5) is 0 Å². The first-order valence-electron chi connectivity index (χ1n) is 5.07. The predicted molar refractivity (Wildman–Crippen MR) is 64.3 cm³/mol. The molecule has 3 heteroatoms. The van der Waals surface area contributed by atoms with Crippen molar-refractivity contribution in [3.8, 4) is 0 Å². The van der Waals surface area contributed by atoms with Gasteiger partial charge in [-0.25, -0.2) is 0 Å². The lowest BCUT2D eigenvalue weighted by molar-refractivity contribution is 0.195. The zero-order chi connectivity index (χ0) is 11.1. The van der Waals surface area contributed by atoms with Gasteiger partial charge in [-0.05, 0) is 36.3 Å². The molecule has 84 valence electrons. The quantitative estimate of drug-likeness (QED) is 0.597. The van der Waals surface area contributed by atoms with Gasteiger partial charge in [-0.3, -0.25) is 0 Å². The standard InChI is InChI=1S/C12H18O2S/c1-14-7-3-4-10-5-6-12(15-2)11(8-10)9-13/h5-6,8,13H,3-4,7,9H2,1-2H3. The molecule has 0 fully saturated rings. The van der Waals surface area contributed by atoms with Crippen LogP contribution in [-0.4, -0.2) is 25.1 Å². The van der Waals surface area contributed by atoms with Crippen molar-refractivity contribution in [2.75, 3.05) is 20.0 Å². The molecular formula is C12H18O2S. The molecule has 0 amide bonds. The van der Waals surface area contributed by atoms with E-state index < -0.39 is 0 Å². The molecule has 0 atom stereocenters. The van der Waals surface area contributed by atoms with E-state index in [4.69, 9.17) is 4.74 Å². The van der Waals surface area contributed by atoms with Crippen molar-refractivity contribution in [2.24, 2.45) is 0 Å². The van der Waals surface area contributed by atoms with Gasteiger partial charge in [0.25, 0.3) is 0 Å². The summed E-state index contributed by atoms with van der Waals surface area (Å²) in [5, 5.41) is 9.21. The molecule has 0 aliphatic rings. The maximum atomic E-state index is 9.21. The lowest BCUT2D eigenvalue weighted by Gasteiger charge is -2.07. The summed E-state index contributed by atoms with van der Waals surface area (Å²) in [4.78, 5) is 1.16. The minimum absolute atomic E-state index is 0.119. The monoisotopic (exact) mass is 226 g/mol. The second-order valence-corrected chi connectivity index (χ2v) is 4.25. The topological polar surface area (TPSA) is 29.5 Å². The highest BCUT2D eigenvalue weighted by molar-refractivity contribution is 7.98. The summed E-state index contributed by atoms with van der Waals surface area (Å²) in [6.07, 6.45) is 4.06. The highest BCUT2D eigenvalue weighted by atomic mass is 32.2. The highest BCUT2D eigenvalue weighted by Gasteiger charge is 2.02. The fourth-order valence-corrected chi connectivity index (χ4v) is 2.12. The minimum Gasteiger partial charge on any atom is -0.392 e. The van der Waals surface area contributed by atoms with Gasteiger partial charge in [0.05, 0.1) is 6.61 Å². The number of methoxy groups -OCH3 is 1. The van der Waals surface area contributed by atoms with Gasteiger partial charge in [0.1, 0.15) is 0 Å². The number of rotatable bonds is 6. The molecule has 0 saturated heterocycles. The van der Waals surface area contributed by atoms with E-state index in [0.29, 0.717) is 0 Å². The smallest absolute Gasteiger partial charge is 0.0692 e. The lowest BCUT2D eigenvalue weighted by Crippen LogP contribution is -1.95. The van der Waals surface area contributed by atoms with Crippen LogP contribution in [0, 0.1) is 0 Å². The van der Waals surface area contributed by atoms with E-state index in [0.717, 1.165) is 29.9 Å². The van der Waals surface area contributed by atoms with E-state index in [9.17, 15) is 5.11 Å². The minimum atomic E-state index is 0.119. The zero-order valence-corrected chi connectivity index (χ0v) is 10.1. The third kappa shape index (κ3) is 3.86. The zero-order valence-electron chi connectivity index (χ0n) is 9.32. The maximum absolute atomic E-state index is 9.21. The Morgan fingerprint density at radius 3 is 2.80 bits per heavy atom. The molecule has 0 unspecified atom stereocenters. The number of benzene rings is 1. The Morgan fingerprint density at radius 1 is 1.40 bits per heavy atom. The number of aryl methyl sites for hydroxylation is 1. The average Bonchev–Trinajstić information content (AvgIpc) is 2.29. The molecule has 1 aromatic rings. The normalized spacial score (nSPS) is 10.6. The van der Waals surface area contributed by atoms with Crippen molar-refractivity contribution in [1.82, 2.24) is 0 Å². The number of aliphatic hydroxyl groups excluding tert-OH is 1. The molecule has 0 heterocycles. The molecule has 1 rings (SSSR count). The Kier molecular flexibility index (Phi) is 5.76. The van der Waals surface area contributed by atoms with Gasteiger partial charge in [0.2, 0.25) is 0 Å². The second-order valence-electron chi connectivity index (χ2n) is 3.40. The Bertz CT molecular complexity index is 300. The summed E-state index contributed by atoms with van der Waals surface area (Å²) in [5.74, 6) is 0. The van der Waals surface area contributed by atoms with Gasteiger partial charge in [-0.15, -0.1) is 11.8 Å². The molecule has 0 aliphatic heterocycles. The Balaban J connectivity index is 2.66. The number of thioether (sulfide) groups is 1. The van der Waals surface area contributed by atoms with Gasteiger partial charge < -0.3 is 9.84 Å². The molecule has 0 radical (unpaired) electrons. The molecule has 1 N–H and O–H groups in total. The molecule has 1 aromatic carbocycles. The van der Waals surface area contributed by atoms with Crippen LogP contribution in [0.1, 0.15) is 17.5 Å². The summed E-state index contributed by atoms with van der Waals surface area (Å²) < 4.78 is 5.01. The van der Waals surface area contributed by atoms with Gasteiger partial charge in [-0.1, -0.05) is 12.1 Å². The SMILES string of the molecule is COCCCc1ccc(SC)c(CO)c1. The van der Waals surface area contributed by atoms with Crippen LogP contribution >= 0.6 is 11.8 Å². The van der Waals surface area contributed by atoms with Crippen molar-refractivity contribution in [1.29, 1.82) is 0 Å². The van der Waals surface area contributed by atoms with E-state index in [1.54, 1.807) is 18.9 Å². The first-order chi connectivity index (χ1) is 7.31. The van der Waals surface area contributed by atoms with Crippen molar-refractivity contribution in [3.63, 3.8) is 0 Å². The Morgan fingerprint density at radius 2 is 2.20 bits per heavy atom. The van der Waals surface area contributed by atoms with E-state index in [1.807, 2.05) is 6.26 Å². The fourth-order valence-electron chi connectivity index (χ4n) is 1.53. The van der Waals surface area contributed by atoms with Crippen molar-refractivity contribution in [2.45, 2.75) is 24.3 Å². The lowest BCUT2D eigenvalue weighted by atomic mass is 10.1. The van der Waals surface area contributed by atoms with E-state index in [-0.39, 0.29) is 6.61 Å². The van der Waals surface area contributed by atoms with Crippen LogP contribution in [-0.2, 0) is 17.8 Å². The Hall–Kier alpha value is -0.510. The van der Waals surface area contributed by atoms with Gasteiger partial charge in [0.15, 0.2) is 0 Å². The largest absolute Gasteiger partial charge is 0.392 e. The molecule has 0 saturated carbocycles. The molecule has 0 spiro atoms. The van der Waals surface area contributed by atoms with Gasteiger partial charge in [-0.2, -0.15) is 0 Å². The van der Waals surface area contributed by atoms with Crippen LogP contribution in [0.5, 0.6) is 0 Å². The van der Waals surface area contributed by atoms with Gasteiger partial charge >= 0.3 is 0 Å². The van der Waals surface area contributed by atoms with E-state index in [2.05, 4.69) is 18.2 Å². The number of hydrogen-bond donors (Lipinski definition) is 1. The third-order valence-electron chi connectivity index (χ3n) is 2.33. The summed E-state index contributed by atoms with van der Waals surface area (Å²) in [7, 11) is 1.72. The predicted octanol–water partition coefficient (Wildman–Crippen LogP) is 2.48. The molecule has 0 aromatic heterocycles. The van der Waals surface area contributed by atoms with E-state index >= 15 is 0 Å². The Labute approximate surface area is 95.7 Å². The first kappa shape index (κ1) is 12.6. The molecule has 0 bridgehead atoms. The van der Waals surface area contributed by atoms with Crippen molar-refractivity contribution >= 4 is 11.8 Å². The van der Waals surface area contributed by atoms with Gasteiger partial charge in [0, 0.05) is 18.6 Å². The summed E-state index contributed by atoms with van der Waals surface area (Å²) in [6, 6.07) is 6.29. The number of aliphatic hydroxyl groups is 1. The molecule has 0 aliphatic carbocycles. The molecule has 15 heavy (non-hydrogen) atoms. The van der Waals surface area contributed by atoms with Crippen LogP contribution < -0.4 is 0 Å². The van der Waals surface area contributed by atoms with E-state index in [1.165, 1.54) is 5.56 Å². The number of ether oxygens (including phenoxy) is 1. The summed E-state index contributed by atoms with van der Waals surface area (Å²) >= 11 is 1.67. The highest BCUT2D eigenvalue weighted by Crippen LogP contribution is 2.22. The molecular weight excluding hydrogens is 208 g/mol. The van der Waals surface area contributed by atoms with Crippen molar-refractivity contribution in [3.05, 3.63) is 29.3 Å². The molecule has 2 nitrogen and oxygen atoms in total. The van der Waals surface area contributed by atoms with Crippen LogP contribution in [0.15, 0.2) is 23.1 Å². The number of hydrogen-bond acceptors (Lipinski definition) is 3. The van der Waals surface area contributed by atoms with Crippen LogP contribution in [0.2, 0.25) is 0 Å². The first-order valence-corrected chi connectivity index (χ1v) is 6.30. The third-order valence-corrected chi connectivity index (χ3v) is 3.17. The van der Waals surface area contributed by atoms with Crippen LogP contribution in [0.25, 0.3) is 0 Å². The maximum Gasteiger partial charge on any atom is 0.0692 e.